The normalized spacial score (nSPS) is 17.1. The van der Waals surface area contributed by atoms with Crippen LogP contribution in [0.15, 0.2) is 24.3 Å². The van der Waals surface area contributed by atoms with Gasteiger partial charge in [0.05, 0.1) is 6.54 Å². The molecular formula is C16H25N3O. The molecule has 1 fully saturated rings. The fraction of sp³-hybridized carbons (Fsp3) is 0.562. The van der Waals surface area contributed by atoms with E-state index in [0.717, 1.165) is 38.3 Å². The van der Waals surface area contributed by atoms with E-state index in [2.05, 4.69) is 35.9 Å². The Bertz CT molecular complexity index is 436. The largest absolute Gasteiger partial charge is 0.314 e. The van der Waals surface area contributed by atoms with Crippen LogP contribution in [0.4, 0.5) is 5.69 Å². The van der Waals surface area contributed by atoms with Crippen molar-refractivity contribution in [3.63, 3.8) is 0 Å². The highest BCUT2D eigenvalue weighted by Crippen LogP contribution is 2.14. The number of piperazine rings is 1. The molecule has 1 aliphatic rings. The van der Waals surface area contributed by atoms with Crippen molar-refractivity contribution in [3.05, 3.63) is 29.8 Å². The Balaban J connectivity index is 1.90. The Kier molecular flexibility index (Phi) is 5.15. The minimum absolute atomic E-state index is 0.166. The van der Waals surface area contributed by atoms with Crippen LogP contribution in [0.25, 0.3) is 0 Å². The van der Waals surface area contributed by atoms with E-state index in [1.807, 2.05) is 19.2 Å². The Labute approximate surface area is 122 Å². The first-order valence-electron chi connectivity index (χ1n) is 7.36. The van der Waals surface area contributed by atoms with E-state index in [0.29, 0.717) is 6.54 Å². The van der Waals surface area contributed by atoms with Gasteiger partial charge in [-0.05, 0) is 31.2 Å². The van der Waals surface area contributed by atoms with E-state index >= 15 is 0 Å². The van der Waals surface area contributed by atoms with Gasteiger partial charge in [0.1, 0.15) is 0 Å². The second kappa shape index (κ2) is 6.86. The Morgan fingerprint density at radius 2 is 1.75 bits per heavy atom. The van der Waals surface area contributed by atoms with Gasteiger partial charge < -0.3 is 9.80 Å². The summed E-state index contributed by atoms with van der Waals surface area (Å²) in [5.41, 5.74) is 2.27. The monoisotopic (exact) mass is 275 g/mol. The third-order valence-corrected chi connectivity index (χ3v) is 4.06. The van der Waals surface area contributed by atoms with Crippen molar-refractivity contribution in [3.8, 4) is 0 Å². The molecule has 1 amide bonds. The van der Waals surface area contributed by atoms with Crippen molar-refractivity contribution in [2.75, 3.05) is 51.7 Å². The number of rotatable bonds is 4. The number of likely N-dealkylation sites (N-methyl/N-ethyl adjacent to an activating group) is 2. The van der Waals surface area contributed by atoms with E-state index < -0.39 is 0 Å². The third-order valence-electron chi connectivity index (χ3n) is 4.06. The molecule has 1 aromatic rings. The molecule has 1 heterocycles. The van der Waals surface area contributed by atoms with Gasteiger partial charge in [0.15, 0.2) is 0 Å². The zero-order valence-corrected chi connectivity index (χ0v) is 12.8. The minimum Gasteiger partial charge on any atom is -0.314 e. The number of nitrogens with zero attached hydrogens (tertiary/aromatic N) is 3. The molecule has 1 aromatic carbocycles. The molecule has 0 aliphatic carbocycles. The minimum atomic E-state index is 0.166. The number of carbonyl (C=O) groups is 1. The lowest BCUT2D eigenvalue weighted by Gasteiger charge is -2.32. The highest BCUT2D eigenvalue weighted by molar-refractivity contribution is 5.94. The average Bonchev–Trinajstić information content (AvgIpc) is 2.49. The first-order chi connectivity index (χ1) is 9.60. The molecular weight excluding hydrogens is 250 g/mol. The molecule has 2 rings (SSSR count). The molecule has 0 radical (unpaired) electrons. The van der Waals surface area contributed by atoms with Gasteiger partial charge >= 0.3 is 0 Å². The maximum absolute atomic E-state index is 12.3. The van der Waals surface area contributed by atoms with Crippen LogP contribution >= 0.6 is 0 Å². The average molecular weight is 275 g/mol. The van der Waals surface area contributed by atoms with Crippen molar-refractivity contribution < 1.29 is 4.79 Å². The molecule has 1 aliphatic heterocycles. The summed E-state index contributed by atoms with van der Waals surface area (Å²) in [5.74, 6) is 0.166. The van der Waals surface area contributed by atoms with Crippen LogP contribution in [0, 0.1) is 0 Å². The lowest BCUT2D eigenvalue weighted by Crippen LogP contribution is -2.48. The first-order valence-corrected chi connectivity index (χ1v) is 7.36. The first kappa shape index (κ1) is 15.0. The standard InChI is InChI=1S/C16H25N3O/c1-4-14-5-7-15(8-6-14)18(3)16(20)13-19-11-9-17(2)10-12-19/h5-8H,4,9-13H2,1-3H3. The number of anilines is 1. The highest BCUT2D eigenvalue weighted by atomic mass is 16.2. The molecule has 4 heteroatoms. The van der Waals surface area contributed by atoms with Crippen molar-refractivity contribution in [2.24, 2.45) is 0 Å². The SMILES string of the molecule is CCc1ccc(N(C)C(=O)CN2CCN(C)CC2)cc1. The van der Waals surface area contributed by atoms with Gasteiger partial charge in [0, 0.05) is 38.9 Å². The lowest BCUT2D eigenvalue weighted by atomic mass is 10.1. The molecule has 4 nitrogen and oxygen atoms in total. The Hall–Kier alpha value is -1.39. The molecule has 0 atom stereocenters. The topological polar surface area (TPSA) is 26.8 Å². The van der Waals surface area contributed by atoms with Gasteiger partial charge in [0.2, 0.25) is 5.91 Å². The predicted octanol–water partition coefficient (Wildman–Crippen LogP) is 1.46. The van der Waals surface area contributed by atoms with E-state index in [-0.39, 0.29) is 5.91 Å². The van der Waals surface area contributed by atoms with Crippen LogP contribution in [-0.4, -0.2) is 62.5 Å². The summed E-state index contributed by atoms with van der Waals surface area (Å²) in [7, 11) is 3.99. The van der Waals surface area contributed by atoms with Crippen LogP contribution in [0.1, 0.15) is 12.5 Å². The van der Waals surface area contributed by atoms with E-state index in [1.54, 1.807) is 4.90 Å². The number of amides is 1. The van der Waals surface area contributed by atoms with Crippen molar-refractivity contribution in [2.45, 2.75) is 13.3 Å². The molecule has 110 valence electrons. The van der Waals surface area contributed by atoms with Crippen molar-refractivity contribution in [1.29, 1.82) is 0 Å². The maximum atomic E-state index is 12.3. The lowest BCUT2D eigenvalue weighted by molar-refractivity contribution is -0.119. The quantitative estimate of drug-likeness (QED) is 0.832. The van der Waals surface area contributed by atoms with Gasteiger partial charge in [-0.25, -0.2) is 0 Å². The fourth-order valence-electron chi connectivity index (χ4n) is 2.40. The number of hydrogen-bond acceptors (Lipinski definition) is 3. The fourth-order valence-corrected chi connectivity index (χ4v) is 2.40. The van der Waals surface area contributed by atoms with Crippen molar-refractivity contribution >= 4 is 11.6 Å². The molecule has 1 saturated heterocycles. The molecule has 0 saturated carbocycles. The summed E-state index contributed by atoms with van der Waals surface area (Å²) in [6.07, 6.45) is 1.03. The Morgan fingerprint density at radius 1 is 1.15 bits per heavy atom. The van der Waals surface area contributed by atoms with Gasteiger partial charge in [-0.2, -0.15) is 0 Å². The van der Waals surface area contributed by atoms with Crippen LogP contribution in [0.2, 0.25) is 0 Å². The smallest absolute Gasteiger partial charge is 0.240 e. The second-order valence-electron chi connectivity index (χ2n) is 5.55. The Morgan fingerprint density at radius 3 is 2.30 bits per heavy atom. The number of carbonyl (C=O) groups excluding carboxylic acids is 1. The summed E-state index contributed by atoms with van der Waals surface area (Å²) >= 11 is 0. The molecule has 0 N–H and O–H groups in total. The van der Waals surface area contributed by atoms with Crippen LogP contribution in [0.3, 0.4) is 0 Å². The zero-order chi connectivity index (χ0) is 14.5. The van der Waals surface area contributed by atoms with E-state index in [4.69, 9.17) is 0 Å². The summed E-state index contributed by atoms with van der Waals surface area (Å²) < 4.78 is 0. The van der Waals surface area contributed by atoms with Gasteiger partial charge in [-0.15, -0.1) is 0 Å². The maximum Gasteiger partial charge on any atom is 0.240 e. The van der Waals surface area contributed by atoms with Gasteiger partial charge in [-0.1, -0.05) is 19.1 Å². The predicted molar refractivity (Wildman–Crippen MR) is 83.2 cm³/mol. The molecule has 0 bridgehead atoms. The number of aryl methyl sites for hydroxylation is 1. The van der Waals surface area contributed by atoms with Crippen molar-refractivity contribution in [1.82, 2.24) is 9.80 Å². The van der Waals surface area contributed by atoms with Crippen LogP contribution in [-0.2, 0) is 11.2 Å². The van der Waals surface area contributed by atoms with Crippen LogP contribution in [0.5, 0.6) is 0 Å². The highest BCUT2D eigenvalue weighted by Gasteiger charge is 2.19. The molecule has 0 spiro atoms. The second-order valence-corrected chi connectivity index (χ2v) is 5.55. The summed E-state index contributed by atoms with van der Waals surface area (Å²) in [4.78, 5) is 18.6. The van der Waals surface area contributed by atoms with Crippen LogP contribution < -0.4 is 4.90 Å². The van der Waals surface area contributed by atoms with Gasteiger partial charge in [0.25, 0.3) is 0 Å². The zero-order valence-electron chi connectivity index (χ0n) is 12.8. The molecule has 20 heavy (non-hydrogen) atoms. The summed E-state index contributed by atoms with van der Waals surface area (Å²) in [5, 5.41) is 0. The summed E-state index contributed by atoms with van der Waals surface area (Å²) in [6, 6.07) is 8.24. The number of hydrogen-bond donors (Lipinski definition) is 0. The van der Waals surface area contributed by atoms with Gasteiger partial charge in [-0.3, -0.25) is 9.69 Å². The van der Waals surface area contributed by atoms with E-state index in [9.17, 15) is 4.79 Å². The van der Waals surface area contributed by atoms with E-state index in [1.165, 1.54) is 5.56 Å². The third kappa shape index (κ3) is 3.81. The molecule has 0 unspecified atom stereocenters. The number of benzene rings is 1. The molecule has 0 aromatic heterocycles. The summed E-state index contributed by atoms with van der Waals surface area (Å²) in [6.45, 7) is 6.69.